The van der Waals surface area contributed by atoms with Gasteiger partial charge in [-0.05, 0) is 47.6 Å². The van der Waals surface area contributed by atoms with E-state index in [1.54, 1.807) is 37.3 Å². The first-order valence-corrected chi connectivity index (χ1v) is 11.6. The molecule has 6 nitrogen and oxygen atoms in total. The Balaban J connectivity index is 1.77. The topological polar surface area (TPSA) is 78.7 Å². The monoisotopic (exact) mass is 460 g/mol. The van der Waals surface area contributed by atoms with Gasteiger partial charge in [0.15, 0.2) is 5.75 Å². The minimum Gasteiger partial charge on any atom is -0.258 e. The first kappa shape index (κ1) is 22.4. The zero-order valence-electron chi connectivity index (χ0n) is 18.5. The van der Waals surface area contributed by atoms with Gasteiger partial charge in [0.2, 0.25) is 5.75 Å². The van der Waals surface area contributed by atoms with Gasteiger partial charge in [-0.15, -0.1) is 0 Å². The summed E-state index contributed by atoms with van der Waals surface area (Å²) in [4.78, 5) is 11.3. The average molecular weight is 460 g/mol. The van der Waals surface area contributed by atoms with E-state index in [1.807, 2.05) is 42.5 Å². The van der Waals surface area contributed by atoms with Crippen LogP contribution in [0.2, 0.25) is 0 Å². The zero-order valence-corrected chi connectivity index (χ0v) is 19.4. The van der Waals surface area contributed by atoms with E-state index in [9.17, 15) is 14.7 Å². The molecule has 0 aliphatic heterocycles. The third-order valence-electron chi connectivity index (χ3n) is 5.49. The van der Waals surface area contributed by atoms with Crippen molar-refractivity contribution < 1.29 is 18.5 Å². The van der Waals surface area contributed by atoms with E-state index in [1.165, 1.54) is 6.07 Å². The predicted octanol–water partition coefficient (Wildman–Crippen LogP) is 7.96. The zero-order chi connectivity index (χ0) is 23.5. The lowest BCUT2D eigenvalue weighted by Crippen LogP contribution is -1.98. The first-order valence-electron chi connectivity index (χ1n) is 10.5. The van der Waals surface area contributed by atoms with Gasteiger partial charge in [0.25, 0.3) is 5.69 Å². The summed E-state index contributed by atoms with van der Waals surface area (Å²) in [6, 6.07) is 23.3. The summed E-state index contributed by atoms with van der Waals surface area (Å²) in [5, 5.41) is 13.3. The minimum absolute atomic E-state index is 0.0458. The molecule has 0 aromatic heterocycles. The van der Waals surface area contributed by atoms with Crippen molar-refractivity contribution in [2.45, 2.75) is 26.7 Å². The molecule has 0 N–H and O–H groups in total. The molecule has 0 aliphatic carbocycles. The van der Waals surface area contributed by atoms with Gasteiger partial charge in [-0.2, -0.15) is 0 Å². The summed E-state index contributed by atoms with van der Waals surface area (Å²) in [6.45, 7) is 5.98. The van der Waals surface area contributed by atoms with Crippen LogP contribution in [0.4, 0.5) is 5.69 Å². The van der Waals surface area contributed by atoms with Crippen molar-refractivity contribution in [3.05, 3.63) is 100 Å². The fourth-order valence-corrected chi connectivity index (χ4v) is 4.46. The van der Waals surface area contributed by atoms with Gasteiger partial charge in [0.1, 0.15) is 0 Å². The van der Waals surface area contributed by atoms with Crippen molar-refractivity contribution in [1.29, 1.82) is 0 Å². The van der Waals surface area contributed by atoms with Gasteiger partial charge in [-0.1, -0.05) is 68.4 Å². The van der Waals surface area contributed by atoms with E-state index in [4.69, 9.17) is 9.05 Å². The van der Waals surface area contributed by atoms with E-state index in [2.05, 4.69) is 13.8 Å². The molecule has 1 unspecified atom stereocenters. The van der Waals surface area contributed by atoms with Gasteiger partial charge in [0, 0.05) is 21.6 Å². The molecular formula is C26H23NO5P+. The molecule has 0 saturated carbocycles. The summed E-state index contributed by atoms with van der Waals surface area (Å²) < 4.78 is 24.3. The molecule has 0 fully saturated rings. The summed E-state index contributed by atoms with van der Waals surface area (Å²) in [5.41, 5.74) is 2.72. The van der Waals surface area contributed by atoms with Crippen LogP contribution in [-0.4, -0.2) is 4.92 Å². The highest BCUT2D eigenvalue weighted by Gasteiger charge is 2.30. The maximum absolute atomic E-state index is 12.9. The van der Waals surface area contributed by atoms with Gasteiger partial charge >= 0.3 is 8.25 Å². The lowest BCUT2D eigenvalue weighted by Gasteiger charge is -2.11. The normalized spacial score (nSPS) is 11.5. The van der Waals surface area contributed by atoms with Crippen LogP contribution in [0.15, 0.2) is 78.9 Å². The van der Waals surface area contributed by atoms with Gasteiger partial charge in [0.05, 0.1) is 10.5 Å². The Kier molecular flexibility index (Phi) is 6.38. The Morgan fingerprint density at radius 2 is 1.61 bits per heavy atom. The van der Waals surface area contributed by atoms with Crippen molar-refractivity contribution in [2.75, 3.05) is 0 Å². The molecule has 4 rings (SSSR count). The molecule has 0 aliphatic rings. The maximum Gasteiger partial charge on any atom is 0.805 e. The third-order valence-corrected chi connectivity index (χ3v) is 6.18. The van der Waals surface area contributed by atoms with Crippen LogP contribution < -0.4 is 9.05 Å². The molecule has 0 amide bonds. The lowest BCUT2D eigenvalue weighted by molar-refractivity contribution is -0.384. The van der Waals surface area contributed by atoms with Crippen molar-refractivity contribution in [3.63, 3.8) is 0 Å². The van der Waals surface area contributed by atoms with Gasteiger partial charge in [-0.25, -0.2) is 9.05 Å². The fourth-order valence-electron chi connectivity index (χ4n) is 3.79. The van der Waals surface area contributed by atoms with E-state index < -0.39 is 13.2 Å². The number of rotatable bonds is 7. The van der Waals surface area contributed by atoms with E-state index in [-0.39, 0.29) is 11.4 Å². The van der Waals surface area contributed by atoms with Crippen LogP contribution >= 0.6 is 8.25 Å². The van der Waals surface area contributed by atoms with Crippen molar-refractivity contribution in [2.24, 2.45) is 0 Å². The SMILES string of the molecule is Cc1cccc([N+](=O)[O-])c1-c1ccc2ccccc2c1O[P+](=O)Oc1ccc(C(C)C)cc1. The molecule has 0 radical (unpaired) electrons. The highest BCUT2D eigenvalue weighted by atomic mass is 31.1. The molecule has 0 saturated heterocycles. The highest BCUT2D eigenvalue weighted by Crippen LogP contribution is 2.45. The predicted molar refractivity (Wildman–Crippen MR) is 130 cm³/mol. The number of fused-ring (bicyclic) bond motifs is 1. The average Bonchev–Trinajstić information content (AvgIpc) is 2.79. The van der Waals surface area contributed by atoms with Gasteiger partial charge < -0.3 is 0 Å². The molecular weight excluding hydrogens is 437 g/mol. The molecule has 166 valence electrons. The molecule has 0 spiro atoms. The molecule has 0 bridgehead atoms. The number of aryl methyl sites for hydroxylation is 1. The van der Waals surface area contributed by atoms with Crippen molar-refractivity contribution in [3.8, 4) is 22.6 Å². The van der Waals surface area contributed by atoms with Crippen molar-refractivity contribution in [1.82, 2.24) is 0 Å². The molecule has 4 aromatic rings. The Morgan fingerprint density at radius 1 is 0.879 bits per heavy atom. The van der Waals surface area contributed by atoms with E-state index >= 15 is 0 Å². The van der Waals surface area contributed by atoms with Crippen LogP contribution in [-0.2, 0) is 4.57 Å². The van der Waals surface area contributed by atoms with Crippen LogP contribution in [0.5, 0.6) is 11.5 Å². The Labute approximate surface area is 192 Å². The largest absolute Gasteiger partial charge is 0.805 e. The highest BCUT2D eigenvalue weighted by molar-refractivity contribution is 7.34. The molecule has 4 aromatic carbocycles. The second kappa shape index (κ2) is 9.39. The van der Waals surface area contributed by atoms with Crippen LogP contribution in [0.25, 0.3) is 21.9 Å². The summed E-state index contributed by atoms with van der Waals surface area (Å²) in [6.07, 6.45) is 0. The molecule has 33 heavy (non-hydrogen) atoms. The summed E-state index contributed by atoms with van der Waals surface area (Å²) in [7, 11) is -2.59. The third kappa shape index (κ3) is 4.71. The Bertz CT molecular complexity index is 1350. The standard InChI is InChI=1S/C26H23NO5P/c1-17(2)19-11-14-21(15-12-19)31-33(30)32-26-22-9-5-4-8-20(22)13-16-23(26)25-18(3)7-6-10-24(25)27(28)29/h4-17H,1-3H3/q+1. The van der Waals surface area contributed by atoms with E-state index in [0.29, 0.717) is 33.7 Å². The number of nitro benzene ring substituents is 1. The second-order valence-electron chi connectivity index (χ2n) is 8.02. The Morgan fingerprint density at radius 3 is 2.30 bits per heavy atom. The number of nitrogens with zero attached hydrogens (tertiary/aromatic N) is 1. The smallest absolute Gasteiger partial charge is 0.258 e. The van der Waals surface area contributed by atoms with Crippen molar-refractivity contribution >= 4 is 24.7 Å². The number of hydrogen-bond donors (Lipinski definition) is 0. The Hall–Kier alpha value is -3.76. The lowest BCUT2D eigenvalue weighted by atomic mass is 9.95. The number of nitro groups is 1. The summed E-state index contributed by atoms with van der Waals surface area (Å²) in [5.74, 6) is 1.07. The molecule has 1 atom stereocenters. The second-order valence-corrected chi connectivity index (χ2v) is 8.83. The van der Waals surface area contributed by atoms with Crippen LogP contribution in [0.3, 0.4) is 0 Å². The summed E-state index contributed by atoms with van der Waals surface area (Å²) >= 11 is 0. The molecule has 7 heteroatoms. The fraction of sp³-hybridized carbons (Fsp3) is 0.154. The van der Waals surface area contributed by atoms with Crippen LogP contribution in [0.1, 0.15) is 30.9 Å². The van der Waals surface area contributed by atoms with Crippen LogP contribution in [0, 0.1) is 17.0 Å². The maximum atomic E-state index is 12.9. The number of benzene rings is 4. The minimum atomic E-state index is -2.59. The first-order chi connectivity index (χ1) is 15.8. The van der Waals surface area contributed by atoms with Gasteiger partial charge in [-0.3, -0.25) is 10.1 Å². The van der Waals surface area contributed by atoms with E-state index in [0.717, 1.165) is 10.9 Å². The molecule has 0 heterocycles. The quantitative estimate of drug-likeness (QED) is 0.159. The number of hydrogen-bond acceptors (Lipinski definition) is 5.